The van der Waals surface area contributed by atoms with Gasteiger partial charge >= 0.3 is 11.9 Å². The van der Waals surface area contributed by atoms with Gasteiger partial charge in [-0.3, -0.25) is 9.59 Å². The van der Waals surface area contributed by atoms with Gasteiger partial charge in [0.05, 0.1) is 6.61 Å². The lowest BCUT2D eigenvalue weighted by Crippen LogP contribution is -2.43. The van der Waals surface area contributed by atoms with Crippen LogP contribution in [0.3, 0.4) is 0 Å². The SMILES string of the molecule is CC(C)NC(C)C(=O)OC1CCC(CC(C)NC(C)C(=O)OCC(C)(C)C)CC1. The summed E-state index contributed by atoms with van der Waals surface area (Å²) in [7, 11) is 0. The molecule has 0 spiro atoms. The van der Waals surface area contributed by atoms with Crippen molar-refractivity contribution in [3.8, 4) is 0 Å². The van der Waals surface area contributed by atoms with Crippen LogP contribution in [0.2, 0.25) is 0 Å². The fourth-order valence-corrected chi connectivity index (χ4v) is 3.80. The first-order valence-electron chi connectivity index (χ1n) is 11.3. The smallest absolute Gasteiger partial charge is 0.323 e. The Morgan fingerprint density at radius 3 is 1.97 bits per heavy atom. The van der Waals surface area contributed by atoms with Crippen LogP contribution in [0.5, 0.6) is 0 Å². The Morgan fingerprint density at radius 1 is 0.897 bits per heavy atom. The van der Waals surface area contributed by atoms with E-state index in [1.165, 1.54) is 0 Å². The first-order chi connectivity index (χ1) is 13.4. The molecule has 1 fully saturated rings. The number of hydrogen-bond donors (Lipinski definition) is 2. The molecule has 0 saturated heterocycles. The normalized spacial score (nSPS) is 23.3. The molecule has 0 aliphatic heterocycles. The largest absolute Gasteiger partial charge is 0.464 e. The maximum atomic E-state index is 12.2. The van der Waals surface area contributed by atoms with Gasteiger partial charge in [0.25, 0.3) is 0 Å². The molecule has 1 aliphatic carbocycles. The lowest BCUT2D eigenvalue weighted by molar-refractivity contribution is -0.153. The number of carbonyl (C=O) groups is 2. The van der Waals surface area contributed by atoms with Crippen LogP contribution < -0.4 is 10.6 Å². The average Bonchev–Trinajstić information content (AvgIpc) is 2.59. The van der Waals surface area contributed by atoms with Gasteiger partial charge < -0.3 is 20.1 Å². The van der Waals surface area contributed by atoms with E-state index in [1.807, 2.05) is 27.7 Å². The first kappa shape index (κ1) is 25.9. The van der Waals surface area contributed by atoms with Crippen molar-refractivity contribution in [3.05, 3.63) is 0 Å². The van der Waals surface area contributed by atoms with Crippen molar-refractivity contribution in [3.63, 3.8) is 0 Å². The third-order valence-corrected chi connectivity index (χ3v) is 5.24. The maximum Gasteiger partial charge on any atom is 0.323 e. The molecule has 6 heteroatoms. The molecule has 0 aromatic rings. The standard InChI is InChI=1S/C23H44N2O4/c1-15(2)24-18(5)22(27)29-20-11-9-19(10-12-20)13-16(3)25-17(4)21(26)28-14-23(6,7)8/h15-20,24-25H,9-14H2,1-8H3. The predicted molar refractivity (Wildman–Crippen MR) is 117 cm³/mol. The molecule has 29 heavy (non-hydrogen) atoms. The van der Waals surface area contributed by atoms with E-state index in [0.29, 0.717) is 12.5 Å². The van der Waals surface area contributed by atoms with E-state index in [4.69, 9.17) is 9.47 Å². The molecule has 0 amide bonds. The number of esters is 2. The second-order valence-electron chi connectivity index (χ2n) is 10.3. The molecule has 1 aliphatic rings. The molecule has 1 rings (SSSR count). The van der Waals surface area contributed by atoms with Crippen LogP contribution in [0.25, 0.3) is 0 Å². The summed E-state index contributed by atoms with van der Waals surface area (Å²) in [6, 6.07) is -0.0713. The highest BCUT2D eigenvalue weighted by atomic mass is 16.5. The van der Waals surface area contributed by atoms with E-state index in [1.54, 1.807) is 0 Å². The Labute approximate surface area is 177 Å². The number of hydrogen-bond acceptors (Lipinski definition) is 6. The fraction of sp³-hybridized carbons (Fsp3) is 0.913. The van der Waals surface area contributed by atoms with Gasteiger partial charge in [-0.2, -0.15) is 0 Å². The number of rotatable bonds is 10. The van der Waals surface area contributed by atoms with E-state index in [0.717, 1.165) is 32.1 Å². The summed E-state index contributed by atoms with van der Waals surface area (Å²) in [6.07, 6.45) is 4.99. The zero-order valence-corrected chi connectivity index (χ0v) is 19.8. The van der Waals surface area contributed by atoms with E-state index >= 15 is 0 Å². The molecule has 2 N–H and O–H groups in total. The van der Waals surface area contributed by atoms with Gasteiger partial charge in [0, 0.05) is 12.1 Å². The zero-order chi connectivity index (χ0) is 22.2. The van der Waals surface area contributed by atoms with Gasteiger partial charge in [0.15, 0.2) is 0 Å². The predicted octanol–water partition coefficient (Wildman–Crippen LogP) is 3.82. The summed E-state index contributed by atoms with van der Waals surface area (Å²) in [4.78, 5) is 24.3. The topological polar surface area (TPSA) is 76.7 Å². The minimum absolute atomic E-state index is 0.0221. The summed E-state index contributed by atoms with van der Waals surface area (Å²) in [6.45, 7) is 16.5. The monoisotopic (exact) mass is 412 g/mol. The summed E-state index contributed by atoms with van der Waals surface area (Å²) >= 11 is 0. The Morgan fingerprint density at radius 2 is 1.45 bits per heavy atom. The molecule has 0 heterocycles. The Bertz CT molecular complexity index is 507. The van der Waals surface area contributed by atoms with Gasteiger partial charge in [0.2, 0.25) is 0 Å². The van der Waals surface area contributed by atoms with E-state index in [-0.39, 0.29) is 47.6 Å². The third kappa shape index (κ3) is 11.0. The van der Waals surface area contributed by atoms with E-state index in [2.05, 4.69) is 38.3 Å². The first-order valence-corrected chi connectivity index (χ1v) is 11.3. The van der Waals surface area contributed by atoms with Crippen LogP contribution in [0.15, 0.2) is 0 Å². The van der Waals surface area contributed by atoms with E-state index < -0.39 is 0 Å². The van der Waals surface area contributed by atoms with Gasteiger partial charge in [-0.25, -0.2) is 0 Å². The summed E-state index contributed by atoms with van der Waals surface area (Å²) in [5.41, 5.74) is -0.0221. The number of ether oxygens (including phenoxy) is 2. The highest BCUT2D eigenvalue weighted by molar-refractivity contribution is 5.75. The van der Waals surface area contributed by atoms with Gasteiger partial charge in [-0.05, 0) is 64.2 Å². The average molecular weight is 413 g/mol. The van der Waals surface area contributed by atoms with Crippen molar-refractivity contribution >= 4 is 11.9 Å². The quantitative estimate of drug-likeness (QED) is 0.531. The summed E-state index contributed by atoms with van der Waals surface area (Å²) in [5.74, 6) is 0.253. The Hall–Kier alpha value is -1.14. The molecule has 170 valence electrons. The molecule has 3 atom stereocenters. The molecule has 3 unspecified atom stereocenters. The van der Waals surface area contributed by atoms with Crippen molar-refractivity contribution in [2.75, 3.05) is 6.61 Å². The lowest BCUT2D eigenvalue weighted by Gasteiger charge is -2.31. The van der Waals surface area contributed by atoms with Crippen LogP contribution in [-0.2, 0) is 19.1 Å². The molecular formula is C23H44N2O4. The van der Waals surface area contributed by atoms with Crippen molar-refractivity contribution in [2.45, 2.75) is 118 Å². The number of carbonyl (C=O) groups excluding carboxylic acids is 2. The van der Waals surface area contributed by atoms with Gasteiger partial charge in [-0.1, -0.05) is 34.6 Å². The molecule has 0 aromatic carbocycles. The lowest BCUT2D eigenvalue weighted by atomic mass is 9.83. The zero-order valence-electron chi connectivity index (χ0n) is 19.8. The van der Waals surface area contributed by atoms with Crippen LogP contribution in [0.1, 0.15) is 87.5 Å². The second-order valence-corrected chi connectivity index (χ2v) is 10.3. The van der Waals surface area contributed by atoms with Gasteiger partial charge in [-0.15, -0.1) is 0 Å². The minimum Gasteiger partial charge on any atom is -0.464 e. The molecule has 0 aromatic heterocycles. The molecular weight excluding hydrogens is 368 g/mol. The van der Waals surface area contributed by atoms with Crippen molar-refractivity contribution in [2.24, 2.45) is 11.3 Å². The van der Waals surface area contributed by atoms with E-state index in [9.17, 15) is 9.59 Å². The van der Waals surface area contributed by atoms with Crippen molar-refractivity contribution < 1.29 is 19.1 Å². The highest BCUT2D eigenvalue weighted by Crippen LogP contribution is 2.29. The van der Waals surface area contributed by atoms with Crippen molar-refractivity contribution in [1.29, 1.82) is 0 Å². The molecule has 1 saturated carbocycles. The molecule has 0 bridgehead atoms. The van der Waals surface area contributed by atoms with Crippen LogP contribution in [0.4, 0.5) is 0 Å². The summed E-state index contributed by atoms with van der Waals surface area (Å²) in [5, 5.41) is 6.56. The van der Waals surface area contributed by atoms with Crippen molar-refractivity contribution in [1.82, 2.24) is 10.6 Å². The van der Waals surface area contributed by atoms with Gasteiger partial charge in [0.1, 0.15) is 18.2 Å². The molecule has 6 nitrogen and oxygen atoms in total. The Balaban J connectivity index is 2.30. The second kappa shape index (κ2) is 11.9. The highest BCUT2D eigenvalue weighted by Gasteiger charge is 2.28. The number of nitrogens with one attached hydrogen (secondary N) is 2. The van der Waals surface area contributed by atoms with Crippen LogP contribution in [-0.4, -0.2) is 48.8 Å². The van der Waals surface area contributed by atoms with Crippen LogP contribution >= 0.6 is 0 Å². The summed E-state index contributed by atoms with van der Waals surface area (Å²) < 4.78 is 11.1. The van der Waals surface area contributed by atoms with Crippen LogP contribution in [0, 0.1) is 11.3 Å². The fourth-order valence-electron chi connectivity index (χ4n) is 3.80. The molecule has 0 radical (unpaired) electrons. The minimum atomic E-state index is -0.306. The maximum absolute atomic E-state index is 12.2. The Kier molecular flexibility index (Phi) is 10.6. The third-order valence-electron chi connectivity index (χ3n) is 5.24.